The molecule has 88 valence electrons. The molecule has 1 aliphatic carbocycles. The van der Waals surface area contributed by atoms with Gasteiger partial charge >= 0.3 is 6.18 Å². The van der Waals surface area contributed by atoms with Gasteiger partial charge in [-0.2, -0.15) is 13.2 Å². The van der Waals surface area contributed by atoms with Gasteiger partial charge in [0.2, 0.25) is 5.91 Å². The fraction of sp³-hybridized carbons (Fsp3) is 0.875. The summed E-state index contributed by atoms with van der Waals surface area (Å²) >= 11 is 11.2. The standard InChI is InChI=1S/C8H10Cl2F3NO/c1-2-14(4-8(11,12)13)6(15)5-3-7(5,9)10/h5H,2-4H2,1H3. The third-order valence-electron chi connectivity index (χ3n) is 2.19. The molecule has 0 heterocycles. The minimum atomic E-state index is -4.39. The molecule has 0 aromatic rings. The predicted octanol–water partition coefficient (Wildman–Crippen LogP) is 2.59. The van der Waals surface area contributed by atoms with Crippen LogP contribution in [-0.2, 0) is 4.79 Å². The van der Waals surface area contributed by atoms with Crippen LogP contribution in [0.1, 0.15) is 13.3 Å². The van der Waals surface area contributed by atoms with E-state index in [1.807, 2.05) is 0 Å². The zero-order valence-electron chi connectivity index (χ0n) is 7.94. The number of hydrogen-bond acceptors (Lipinski definition) is 1. The molecule has 15 heavy (non-hydrogen) atoms. The molecule has 1 amide bonds. The van der Waals surface area contributed by atoms with E-state index < -0.39 is 28.9 Å². The molecule has 0 saturated heterocycles. The Hall–Kier alpha value is -0.160. The van der Waals surface area contributed by atoms with E-state index in [4.69, 9.17) is 23.2 Å². The first kappa shape index (κ1) is 12.9. The molecule has 7 heteroatoms. The normalized spacial score (nSPS) is 23.7. The highest BCUT2D eigenvalue weighted by molar-refractivity contribution is 6.52. The highest BCUT2D eigenvalue weighted by Gasteiger charge is 2.57. The summed E-state index contributed by atoms with van der Waals surface area (Å²) in [5.74, 6) is -1.32. The molecule has 1 saturated carbocycles. The summed E-state index contributed by atoms with van der Waals surface area (Å²) in [7, 11) is 0. The minimum absolute atomic E-state index is 0.00129. The maximum atomic E-state index is 12.1. The van der Waals surface area contributed by atoms with Crippen LogP contribution in [0.3, 0.4) is 0 Å². The molecule has 0 aliphatic heterocycles. The van der Waals surface area contributed by atoms with Crippen molar-refractivity contribution < 1.29 is 18.0 Å². The van der Waals surface area contributed by atoms with Gasteiger partial charge in [-0.25, -0.2) is 0 Å². The van der Waals surface area contributed by atoms with Gasteiger partial charge < -0.3 is 4.90 Å². The van der Waals surface area contributed by atoms with Crippen LogP contribution in [0.15, 0.2) is 0 Å². The molecule has 0 radical (unpaired) electrons. The van der Waals surface area contributed by atoms with E-state index >= 15 is 0 Å². The van der Waals surface area contributed by atoms with Crippen LogP contribution in [0.2, 0.25) is 0 Å². The van der Waals surface area contributed by atoms with Crippen molar-refractivity contribution in [2.75, 3.05) is 13.1 Å². The number of alkyl halides is 5. The molecule has 1 atom stereocenters. The lowest BCUT2D eigenvalue weighted by Gasteiger charge is -2.22. The van der Waals surface area contributed by atoms with Crippen molar-refractivity contribution in [1.82, 2.24) is 4.90 Å². The highest BCUT2D eigenvalue weighted by atomic mass is 35.5. The van der Waals surface area contributed by atoms with E-state index in [-0.39, 0.29) is 13.0 Å². The summed E-state index contributed by atoms with van der Waals surface area (Å²) in [4.78, 5) is 12.2. The van der Waals surface area contributed by atoms with Crippen LogP contribution in [0.5, 0.6) is 0 Å². The number of carbonyl (C=O) groups excluding carboxylic acids is 1. The summed E-state index contributed by atoms with van der Waals surface area (Å²) in [5.41, 5.74) is 0. The van der Waals surface area contributed by atoms with Crippen molar-refractivity contribution in [1.29, 1.82) is 0 Å². The molecule has 1 unspecified atom stereocenters. The average molecular weight is 264 g/mol. The molecule has 2 nitrogen and oxygen atoms in total. The number of amides is 1. The van der Waals surface area contributed by atoms with Gasteiger partial charge in [0.15, 0.2) is 0 Å². The van der Waals surface area contributed by atoms with Gasteiger partial charge in [0.1, 0.15) is 10.9 Å². The molecule has 0 aromatic carbocycles. The Morgan fingerprint density at radius 1 is 1.53 bits per heavy atom. The first-order chi connectivity index (χ1) is 6.67. The van der Waals surface area contributed by atoms with Gasteiger partial charge in [0, 0.05) is 6.54 Å². The lowest BCUT2D eigenvalue weighted by atomic mass is 10.3. The van der Waals surface area contributed by atoms with E-state index in [0.717, 1.165) is 4.90 Å². The van der Waals surface area contributed by atoms with Crippen LogP contribution < -0.4 is 0 Å². The van der Waals surface area contributed by atoms with E-state index in [0.29, 0.717) is 0 Å². The Balaban J connectivity index is 2.57. The van der Waals surface area contributed by atoms with Crippen LogP contribution in [-0.4, -0.2) is 34.4 Å². The van der Waals surface area contributed by atoms with Crippen molar-refractivity contribution in [2.24, 2.45) is 5.92 Å². The molecule has 1 fully saturated rings. The molecule has 0 spiro atoms. The monoisotopic (exact) mass is 263 g/mol. The maximum absolute atomic E-state index is 12.1. The van der Waals surface area contributed by atoms with Gasteiger partial charge in [0.05, 0.1) is 5.92 Å². The van der Waals surface area contributed by atoms with Gasteiger partial charge in [-0.3, -0.25) is 4.79 Å². The number of halogens is 5. The first-order valence-electron chi connectivity index (χ1n) is 4.40. The maximum Gasteiger partial charge on any atom is 0.406 e. The van der Waals surface area contributed by atoms with E-state index in [2.05, 4.69) is 0 Å². The van der Waals surface area contributed by atoms with Gasteiger partial charge in [-0.05, 0) is 13.3 Å². The zero-order chi connectivity index (χ0) is 11.9. The Bertz CT molecular complexity index is 267. The summed E-state index contributed by atoms with van der Waals surface area (Å²) in [6.45, 7) is 0.234. The van der Waals surface area contributed by atoms with Crippen LogP contribution in [0.4, 0.5) is 13.2 Å². The fourth-order valence-corrected chi connectivity index (χ4v) is 1.76. The number of hydrogen-bond donors (Lipinski definition) is 0. The molecular weight excluding hydrogens is 254 g/mol. The molecule has 0 N–H and O–H groups in total. The highest BCUT2D eigenvalue weighted by Crippen LogP contribution is 2.54. The Morgan fingerprint density at radius 2 is 2.00 bits per heavy atom. The lowest BCUT2D eigenvalue weighted by Crippen LogP contribution is -2.40. The second-order valence-corrected chi connectivity index (χ2v) is 5.03. The Morgan fingerprint density at radius 3 is 2.27 bits per heavy atom. The van der Waals surface area contributed by atoms with Crippen LogP contribution in [0.25, 0.3) is 0 Å². The van der Waals surface area contributed by atoms with Gasteiger partial charge in [0.25, 0.3) is 0 Å². The van der Waals surface area contributed by atoms with Crippen molar-refractivity contribution in [3.63, 3.8) is 0 Å². The number of rotatable bonds is 3. The number of nitrogens with zero attached hydrogens (tertiary/aromatic N) is 1. The summed E-state index contributed by atoms with van der Waals surface area (Å²) in [6, 6.07) is 0. The Labute approximate surface area is 95.3 Å². The third-order valence-corrected chi connectivity index (χ3v) is 3.02. The Kier molecular flexibility index (Phi) is 3.45. The van der Waals surface area contributed by atoms with Crippen molar-refractivity contribution >= 4 is 29.1 Å². The third kappa shape index (κ3) is 3.41. The molecule has 1 rings (SSSR count). The second-order valence-electron chi connectivity index (χ2n) is 3.49. The predicted molar refractivity (Wildman–Crippen MR) is 50.9 cm³/mol. The van der Waals surface area contributed by atoms with Gasteiger partial charge in [-0.15, -0.1) is 23.2 Å². The number of carbonyl (C=O) groups is 1. The zero-order valence-corrected chi connectivity index (χ0v) is 9.46. The molecule has 0 bridgehead atoms. The second kappa shape index (κ2) is 4.01. The van der Waals surface area contributed by atoms with E-state index in [1.165, 1.54) is 6.92 Å². The lowest BCUT2D eigenvalue weighted by molar-refractivity contribution is -0.161. The topological polar surface area (TPSA) is 20.3 Å². The summed E-state index contributed by atoms with van der Waals surface area (Å²) in [5, 5.41) is 0. The van der Waals surface area contributed by atoms with Crippen molar-refractivity contribution in [3.8, 4) is 0 Å². The fourth-order valence-electron chi connectivity index (χ4n) is 1.26. The largest absolute Gasteiger partial charge is 0.406 e. The van der Waals surface area contributed by atoms with Crippen molar-refractivity contribution in [3.05, 3.63) is 0 Å². The minimum Gasteiger partial charge on any atom is -0.334 e. The molecule has 0 aromatic heterocycles. The SMILES string of the molecule is CCN(CC(F)(F)F)C(=O)C1CC1(Cl)Cl. The quantitative estimate of drug-likeness (QED) is 0.717. The van der Waals surface area contributed by atoms with Crippen LogP contribution in [0, 0.1) is 5.92 Å². The first-order valence-corrected chi connectivity index (χ1v) is 5.16. The molecular formula is C8H10Cl2F3NO. The summed E-state index contributed by atoms with van der Waals surface area (Å²) < 4.78 is 35.0. The van der Waals surface area contributed by atoms with Gasteiger partial charge in [-0.1, -0.05) is 0 Å². The van der Waals surface area contributed by atoms with E-state index in [1.54, 1.807) is 0 Å². The smallest absolute Gasteiger partial charge is 0.334 e. The summed E-state index contributed by atoms with van der Waals surface area (Å²) in [6.07, 6.45) is -4.16. The van der Waals surface area contributed by atoms with E-state index in [9.17, 15) is 18.0 Å². The average Bonchev–Trinajstić information content (AvgIpc) is 2.68. The molecule has 1 aliphatic rings. The van der Waals surface area contributed by atoms with Crippen molar-refractivity contribution in [2.45, 2.75) is 23.9 Å². The van der Waals surface area contributed by atoms with Crippen LogP contribution >= 0.6 is 23.2 Å².